The Morgan fingerprint density at radius 1 is 1.07 bits per heavy atom. The van der Waals surface area contributed by atoms with Crippen LogP contribution in [0.5, 0.6) is 0 Å². The molecule has 0 radical (unpaired) electrons. The number of benzene rings is 2. The van der Waals surface area contributed by atoms with Crippen LogP contribution in [-0.4, -0.2) is 30.7 Å². The number of ketones is 1. The summed E-state index contributed by atoms with van der Waals surface area (Å²) < 4.78 is 39.7. The fourth-order valence-corrected chi connectivity index (χ4v) is 5.12. The van der Waals surface area contributed by atoms with Crippen LogP contribution in [0.3, 0.4) is 0 Å². The molecule has 0 unspecified atom stereocenters. The molecule has 0 saturated carbocycles. The Bertz CT molecular complexity index is 1100. The minimum Gasteiger partial charge on any atom is -0.505 e. The van der Waals surface area contributed by atoms with Crippen molar-refractivity contribution in [3.63, 3.8) is 0 Å². The van der Waals surface area contributed by atoms with Crippen molar-refractivity contribution in [3.05, 3.63) is 70.2 Å². The standard InChI is InChI=1S/C20H18FNO4S/c1-22-18(19(23)14-7-6-12-4-2-3-5-13(12)10-14)20(24)16-9-8-15(21)11-17(16)27(22,25)26/h6-11,24H,2-5H2,1H3. The summed E-state index contributed by atoms with van der Waals surface area (Å²) >= 11 is 0. The molecular formula is C20H18FNO4S. The van der Waals surface area contributed by atoms with E-state index in [-0.39, 0.29) is 16.2 Å². The van der Waals surface area contributed by atoms with Crippen molar-refractivity contribution in [2.75, 3.05) is 7.05 Å². The Morgan fingerprint density at radius 2 is 1.78 bits per heavy atom. The number of aliphatic hydroxyl groups is 1. The van der Waals surface area contributed by atoms with Crippen molar-refractivity contribution in [1.29, 1.82) is 0 Å². The third kappa shape index (κ3) is 2.73. The molecule has 140 valence electrons. The molecule has 2 aromatic rings. The molecule has 7 heteroatoms. The number of carbonyl (C=O) groups excluding carboxylic acids is 1. The highest BCUT2D eigenvalue weighted by molar-refractivity contribution is 7.89. The molecule has 0 amide bonds. The number of likely N-dealkylation sites (N-methyl/N-ethyl adjacent to an activating group) is 1. The van der Waals surface area contributed by atoms with Crippen molar-refractivity contribution in [3.8, 4) is 0 Å². The van der Waals surface area contributed by atoms with Gasteiger partial charge in [-0.15, -0.1) is 0 Å². The van der Waals surface area contributed by atoms with Gasteiger partial charge in [0.25, 0.3) is 10.0 Å². The Kier molecular flexibility index (Phi) is 4.07. The fourth-order valence-electron chi connectivity index (χ4n) is 3.71. The van der Waals surface area contributed by atoms with Gasteiger partial charge in [0.2, 0.25) is 5.78 Å². The van der Waals surface area contributed by atoms with Crippen LogP contribution in [0.25, 0.3) is 5.76 Å². The minimum absolute atomic E-state index is 0.0733. The average Bonchev–Trinajstić information content (AvgIpc) is 2.66. The molecule has 1 aliphatic carbocycles. The summed E-state index contributed by atoms with van der Waals surface area (Å²) in [6.07, 6.45) is 4.00. The largest absolute Gasteiger partial charge is 0.505 e. The Balaban J connectivity index is 1.86. The second kappa shape index (κ2) is 6.20. The first kappa shape index (κ1) is 17.7. The van der Waals surface area contributed by atoms with Crippen LogP contribution < -0.4 is 0 Å². The average molecular weight is 387 g/mol. The van der Waals surface area contributed by atoms with Gasteiger partial charge in [0.05, 0.1) is 0 Å². The molecule has 1 heterocycles. The second-order valence-electron chi connectivity index (χ2n) is 6.83. The fraction of sp³-hybridized carbons (Fsp3) is 0.250. The van der Waals surface area contributed by atoms with E-state index in [1.54, 1.807) is 12.1 Å². The number of sulfonamides is 1. The number of nitrogens with zero attached hydrogens (tertiary/aromatic N) is 1. The zero-order valence-corrected chi connectivity index (χ0v) is 15.5. The number of fused-ring (bicyclic) bond motifs is 2. The highest BCUT2D eigenvalue weighted by atomic mass is 32.2. The maximum absolute atomic E-state index is 13.5. The van der Waals surface area contributed by atoms with Crippen LogP contribution in [0.4, 0.5) is 4.39 Å². The number of carbonyl (C=O) groups is 1. The van der Waals surface area contributed by atoms with Crippen molar-refractivity contribution in [2.45, 2.75) is 30.6 Å². The number of Topliss-reactive ketones (excluding diaryl/α,β-unsaturated/α-hetero) is 1. The summed E-state index contributed by atoms with van der Waals surface area (Å²) in [7, 11) is -2.96. The maximum Gasteiger partial charge on any atom is 0.265 e. The Labute approximate surface area is 156 Å². The first-order valence-electron chi connectivity index (χ1n) is 8.69. The second-order valence-corrected chi connectivity index (χ2v) is 8.77. The van der Waals surface area contributed by atoms with Crippen LogP contribution >= 0.6 is 0 Å². The molecule has 1 aliphatic heterocycles. The number of aryl methyl sites for hydroxylation is 2. The van der Waals surface area contributed by atoms with Gasteiger partial charge in [-0.25, -0.2) is 12.8 Å². The highest BCUT2D eigenvalue weighted by Gasteiger charge is 2.38. The van der Waals surface area contributed by atoms with Crippen molar-refractivity contribution < 1.29 is 22.7 Å². The van der Waals surface area contributed by atoms with E-state index < -0.39 is 27.4 Å². The molecule has 0 aromatic heterocycles. The van der Waals surface area contributed by atoms with E-state index in [0.29, 0.717) is 5.56 Å². The zero-order chi connectivity index (χ0) is 19.3. The van der Waals surface area contributed by atoms with E-state index in [9.17, 15) is 22.7 Å². The van der Waals surface area contributed by atoms with Gasteiger partial charge in [0.1, 0.15) is 16.4 Å². The molecule has 2 aliphatic rings. The van der Waals surface area contributed by atoms with Crippen molar-refractivity contribution in [2.24, 2.45) is 0 Å². The van der Waals surface area contributed by atoms with Gasteiger partial charge >= 0.3 is 0 Å². The predicted molar refractivity (Wildman–Crippen MR) is 98.3 cm³/mol. The number of halogens is 1. The number of aliphatic hydroxyl groups excluding tert-OH is 1. The molecule has 1 N–H and O–H groups in total. The van der Waals surface area contributed by atoms with E-state index in [4.69, 9.17) is 0 Å². The third-order valence-electron chi connectivity index (χ3n) is 5.20. The SMILES string of the molecule is CN1C(C(=O)c2ccc3c(c2)CCCC3)=C(O)c2ccc(F)cc2S1(=O)=O. The van der Waals surface area contributed by atoms with Gasteiger partial charge in [0, 0.05) is 18.2 Å². The zero-order valence-electron chi connectivity index (χ0n) is 14.7. The van der Waals surface area contributed by atoms with E-state index in [1.165, 1.54) is 18.7 Å². The van der Waals surface area contributed by atoms with Crippen LogP contribution in [-0.2, 0) is 22.9 Å². The molecule has 0 saturated heterocycles. The lowest BCUT2D eigenvalue weighted by atomic mass is 9.89. The smallest absolute Gasteiger partial charge is 0.265 e. The normalized spacial score (nSPS) is 18.1. The van der Waals surface area contributed by atoms with E-state index >= 15 is 0 Å². The first-order chi connectivity index (χ1) is 12.8. The van der Waals surface area contributed by atoms with Crippen LogP contribution in [0.2, 0.25) is 0 Å². The molecular weight excluding hydrogens is 369 g/mol. The molecule has 27 heavy (non-hydrogen) atoms. The Morgan fingerprint density at radius 3 is 2.52 bits per heavy atom. The number of hydrogen-bond donors (Lipinski definition) is 1. The van der Waals surface area contributed by atoms with E-state index in [0.717, 1.165) is 47.7 Å². The maximum atomic E-state index is 13.5. The first-order valence-corrected chi connectivity index (χ1v) is 10.1. The number of hydrogen-bond acceptors (Lipinski definition) is 4. The van der Waals surface area contributed by atoms with Gasteiger partial charge in [-0.05, 0) is 61.1 Å². The third-order valence-corrected chi connectivity index (χ3v) is 7.00. The van der Waals surface area contributed by atoms with E-state index in [2.05, 4.69) is 0 Å². The number of rotatable bonds is 2. The molecule has 4 rings (SSSR count). The summed E-state index contributed by atoms with van der Waals surface area (Å²) in [4.78, 5) is 12.7. The van der Waals surface area contributed by atoms with Gasteiger partial charge in [-0.1, -0.05) is 12.1 Å². The van der Waals surface area contributed by atoms with Crippen LogP contribution in [0.15, 0.2) is 47.0 Å². The molecule has 5 nitrogen and oxygen atoms in total. The van der Waals surface area contributed by atoms with Crippen LogP contribution in [0.1, 0.15) is 39.9 Å². The van der Waals surface area contributed by atoms with E-state index in [1.807, 2.05) is 6.07 Å². The number of allylic oxidation sites excluding steroid dienone is 1. The molecule has 0 spiro atoms. The summed E-state index contributed by atoms with van der Waals surface area (Å²) in [5, 5.41) is 10.6. The van der Waals surface area contributed by atoms with Gasteiger partial charge < -0.3 is 5.11 Å². The monoisotopic (exact) mass is 387 g/mol. The van der Waals surface area contributed by atoms with Gasteiger partial charge in [-0.2, -0.15) is 0 Å². The lowest BCUT2D eigenvalue weighted by molar-refractivity contribution is 0.101. The molecule has 0 fully saturated rings. The van der Waals surface area contributed by atoms with Crippen molar-refractivity contribution in [1.82, 2.24) is 4.31 Å². The lowest BCUT2D eigenvalue weighted by Gasteiger charge is -2.28. The predicted octanol–water partition coefficient (Wildman–Crippen LogP) is 3.45. The van der Waals surface area contributed by atoms with Gasteiger partial charge in [-0.3, -0.25) is 9.10 Å². The molecule has 2 aromatic carbocycles. The quantitative estimate of drug-likeness (QED) is 0.801. The molecule has 0 atom stereocenters. The molecule has 0 bridgehead atoms. The van der Waals surface area contributed by atoms with Gasteiger partial charge in [0.15, 0.2) is 5.76 Å². The summed E-state index contributed by atoms with van der Waals surface area (Å²) in [5.41, 5.74) is 2.20. The highest BCUT2D eigenvalue weighted by Crippen LogP contribution is 2.36. The Hall–Kier alpha value is -2.67. The summed E-state index contributed by atoms with van der Waals surface area (Å²) in [6.45, 7) is 0. The lowest BCUT2D eigenvalue weighted by Crippen LogP contribution is -2.35. The topological polar surface area (TPSA) is 74.7 Å². The summed E-state index contributed by atoms with van der Waals surface area (Å²) in [5.74, 6) is -1.78. The van der Waals surface area contributed by atoms with Crippen LogP contribution in [0, 0.1) is 5.82 Å². The van der Waals surface area contributed by atoms with Crippen molar-refractivity contribution >= 4 is 21.6 Å². The minimum atomic E-state index is -4.14. The summed E-state index contributed by atoms with van der Waals surface area (Å²) in [6, 6.07) is 8.39.